The fourth-order valence-electron chi connectivity index (χ4n) is 0.697. The summed E-state index contributed by atoms with van der Waals surface area (Å²) in [6.45, 7) is 0. The molecule has 0 aliphatic carbocycles. The Labute approximate surface area is 78.2 Å². The van der Waals surface area contributed by atoms with E-state index in [1.807, 2.05) is 0 Å². The van der Waals surface area contributed by atoms with Crippen LogP contribution >= 0.6 is 11.3 Å². The summed E-state index contributed by atoms with van der Waals surface area (Å²) in [5, 5.41) is 21.0. The molecule has 1 aromatic rings. The predicted octanol–water partition coefficient (Wildman–Crippen LogP) is 1.49. The lowest BCUT2D eigenvalue weighted by Crippen LogP contribution is -1.98. The average molecular weight is 197 g/mol. The average Bonchev–Trinajstić information content (AvgIpc) is 2.53. The molecule has 1 aromatic heterocycles. The molecule has 0 aliphatic heterocycles. The zero-order valence-electron chi connectivity index (χ0n) is 6.52. The second-order valence-electron chi connectivity index (χ2n) is 2.03. The summed E-state index contributed by atoms with van der Waals surface area (Å²) in [6, 6.07) is 1.50. The number of nitrogens with one attached hydrogen (secondary N) is 2. The van der Waals surface area contributed by atoms with E-state index in [1.165, 1.54) is 23.6 Å². The van der Waals surface area contributed by atoms with Gasteiger partial charge in [0, 0.05) is 6.21 Å². The van der Waals surface area contributed by atoms with Gasteiger partial charge in [-0.15, -0.1) is 11.3 Å². The van der Waals surface area contributed by atoms with Gasteiger partial charge in [0.15, 0.2) is 0 Å². The number of hydrogen-bond acceptors (Lipinski definition) is 5. The van der Waals surface area contributed by atoms with Gasteiger partial charge in [0.25, 0.3) is 0 Å². The minimum atomic E-state index is -0.992. The van der Waals surface area contributed by atoms with Crippen LogP contribution in [0.4, 0.5) is 5.00 Å². The second kappa shape index (κ2) is 4.36. The molecule has 0 atom stereocenters. The van der Waals surface area contributed by atoms with Crippen molar-refractivity contribution in [1.29, 1.82) is 5.41 Å². The Hall–Kier alpha value is -1.69. The van der Waals surface area contributed by atoms with E-state index < -0.39 is 5.97 Å². The number of nitrogens with zero attached hydrogens (tertiary/aromatic N) is 1. The summed E-state index contributed by atoms with van der Waals surface area (Å²) in [5.41, 5.74) is 2.72. The summed E-state index contributed by atoms with van der Waals surface area (Å²) >= 11 is 1.25. The first-order valence-electron chi connectivity index (χ1n) is 3.34. The van der Waals surface area contributed by atoms with Crippen LogP contribution in [0.2, 0.25) is 0 Å². The van der Waals surface area contributed by atoms with Crippen LogP contribution in [-0.2, 0) is 0 Å². The normalized spacial score (nSPS) is 10.2. The smallest absolute Gasteiger partial charge is 0.338 e. The molecule has 13 heavy (non-hydrogen) atoms. The largest absolute Gasteiger partial charge is 0.478 e. The van der Waals surface area contributed by atoms with E-state index in [4.69, 9.17) is 10.5 Å². The fraction of sp³-hybridized carbons (Fsp3) is 0. The lowest BCUT2D eigenvalue weighted by molar-refractivity contribution is 0.0698. The van der Waals surface area contributed by atoms with Crippen LogP contribution in [0.3, 0.4) is 0 Å². The molecule has 68 valence electrons. The third kappa shape index (κ3) is 2.38. The third-order valence-corrected chi connectivity index (χ3v) is 2.03. The van der Waals surface area contributed by atoms with Gasteiger partial charge in [-0.25, -0.2) is 4.79 Å². The van der Waals surface area contributed by atoms with E-state index >= 15 is 0 Å². The number of rotatable bonds is 4. The summed E-state index contributed by atoms with van der Waals surface area (Å²) in [6.07, 6.45) is 2.23. The first-order chi connectivity index (χ1) is 6.25. The van der Waals surface area contributed by atoms with Gasteiger partial charge in [-0.2, -0.15) is 5.10 Å². The summed E-state index contributed by atoms with van der Waals surface area (Å²) in [4.78, 5) is 10.6. The summed E-state index contributed by atoms with van der Waals surface area (Å²) in [7, 11) is 0. The van der Waals surface area contributed by atoms with Crippen molar-refractivity contribution in [3.8, 4) is 0 Å². The molecule has 0 radical (unpaired) electrons. The zero-order chi connectivity index (χ0) is 9.68. The molecule has 0 spiro atoms. The molecule has 0 saturated heterocycles. The molecule has 1 rings (SSSR count). The molecule has 0 bridgehead atoms. The van der Waals surface area contributed by atoms with Gasteiger partial charge in [-0.1, -0.05) is 0 Å². The van der Waals surface area contributed by atoms with Crippen LogP contribution in [0.25, 0.3) is 0 Å². The van der Waals surface area contributed by atoms with Crippen molar-refractivity contribution in [2.24, 2.45) is 5.10 Å². The topological polar surface area (TPSA) is 85.5 Å². The Morgan fingerprint density at radius 3 is 3.15 bits per heavy atom. The second-order valence-corrected chi connectivity index (χ2v) is 2.94. The predicted molar refractivity (Wildman–Crippen MR) is 52.2 cm³/mol. The van der Waals surface area contributed by atoms with E-state index in [9.17, 15) is 4.79 Å². The number of carboxylic acid groups (broad SMARTS) is 1. The number of hydrazone groups is 1. The number of anilines is 1. The SMILES string of the molecule is N=C/C=N\Nc1sccc1C(=O)O. The Morgan fingerprint density at radius 1 is 1.77 bits per heavy atom. The minimum absolute atomic E-state index is 0.187. The zero-order valence-corrected chi connectivity index (χ0v) is 7.34. The van der Waals surface area contributed by atoms with Crippen molar-refractivity contribution in [1.82, 2.24) is 0 Å². The molecule has 0 saturated carbocycles. The molecule has 6 heteroatoms. The first-order valence-corrected chi connectivity index (χ1v) is 4.22. The lowest BCUT2D eigenvalue weighted by atomic mass is 10.3. The van der Waals surface area contributed by atoms with Gasteiger partial charge in [-0.05, 0) is 11.4 Å². The van der Waals surface area contributed by atoms with Crippen LogP contribution in [0.15, 0.2) is 16.5 Å². The van der Waals surface area contributed by atoms with Crippen molar-refractivity contribution in [2.45, 2.75) is 0 Å². The minimum Gasteiger partial charge on any atom is -0.478 e. The van der Waals surface area contributed by atoms with E-state index in [-0.39, 0.29) is 5.56 Å². The molecular weight excluding hydrogens is 190 g/mol. The Morgan fingerprint density at radius 2 is 2.54 bits per heavy atom. The van der Waals surface area contributed by atoms with Gasteiger partial charge >= 0.3 is 5.97 Å². The van der Waals surface area contributed by atoms with Crippen LogP contribution in [-0.4, -0.2) is 23.5 Å². The molecule has 0 aromatic carbocycles. The highest BCUT2D eigenvalue weighted by molar-refractivity contribution is 7.14. The van der Waals surface area contributed by atoms with E-state index in [0.29, 0.717) is 5.00 Å². The number of carbonyl (C=O) groups is 1. The van der Waals surface area contributed by atoms with Crippen molar-refractivity contribution < 1.29 is 9.90 Å². The Balaban J connectivity index is 2.76. The maximum absolute atomic E-state index is 10.6. The van der Waals surface area contributed by atoms with Gasteiger partial charge in [-0.3, -0.25) is 5.43 Å². The molecular formula is C7H7N3O2S. The highest BCUT2D eigenvalue weighted by atomic mass is 32.1. The molecule has 0 amide bonds. The van der Waals surface area contributed by atoms with Crippen LogP contribution < -0.4 is 5.43 Å². The van der Waals surface area contributed by atoms with Crippen molar-refractivity contribution >= 4 is 34.7 Å². The number of thiophene rings is 1. The van der Waals surface area contributed by atoms with Gasteiger partial charge in [0.1, 0.15) is 5.00 Å². The molecule has 0 unspecified atom stereocenters. The number of hydrogen-bond donors (Lipinski definition) is 3. The van der Waals surface area contributed by atoms with Crippen LogP contribution in [0.1, 0.15) is 10.4 Å². The maximum Gasteiger partial charge on any atom is 0.338 e. The molecule has 0 aliphatic rings. The van der Waals surface area contributed by atoms with Crippen molar-refractivity contribution in [3.05, 3.63) is 17.0 Å². The van der Waals surface area contributed by atoms with Crippen LogP contribution in [0.5, 0.6) is 0 Å². The van der Waals surface area contributed by atoms with Gasteiger partial charge in [0.05, 0.1) is 11.8 Å². The highest BCUT2D eigenvalue weighted by Gasteiger charge is 2.09. The van der Waals surface area contributed by atoms with Gasteiger partial charge in [0.2, 0.25) is 0 Å². The number of aromatic carboxylic acids is 1. The molecule has 5 nitrogen and oxygen atoms in total. The Bertz CT molecular complexity index is 345. The van der Waals surface area contributed by atoms with E-state index in [0.717, 1.165) is 6.21 Å². The summed E-state index contributed by atoms with van der Waals surface area (Å²) in [5.74, 6) is -0.992. The van der Waals surface area contributed by atoms with Crippen LogP contribution in [0, 0.1) is 5.41 Å². The number of carboxylic acids is 1. The van der Waals surface area contributed by atoms with Crippen molar-refractivity contribution in [3.63, 3.8) is 0 Å². The maximum atomic E-state index is 10.6. The van der Waals surface area contributed by atoms with E-state index in [2.05, 4.69) is 10.5 Å². The third-order valence-electron chi connectivity index (χ3n) is 1.21. The lowest BCUT2D eigenvalue weighted by Gasteiger charge is -1.96. The molecule has 3 N–H and O–H groups in total. The van der Waals surface area contributed by atoms with Crippen molar-refractivity contribution in [2.75, 3.05) is 5.43 Å². The quantitative estimate of drug-likeness (QED) is 0.505. The fourth-order valence-corrected chi connectivity index (χ4v) is 1.43. The standard InChI is InChI=1S/C7H7N3O2S/c8-2-3-9-10-6-5(7(11)12)1-4-13-6/h1-4,8,10H,(H,11,12)/b8-2?,9-3-. The highest BCUT2D eigenvalue weighted by Crippen LogP contribution is 2.22. The monoisotopic (exact) mass is 197 g/mol. The van der Waals surface area contributed by atoms with Gasteiger partial charge < -0.3 is 10.5 Å². The molecule has 1 heterocycles. The molecule has 0 fully saturated rings. The van der Waals surface area contributed by atoms with E-state index in [1.54, 1.807) is 5.38 Å². The Kier molecular flexibility index (Phi) is 3.15. The first kappa shape index (κ1) is 9.40. The summed E-state index contributed by atoms with van der Waals surface area (Å²) < 4.78 is 0.